The quantitative estimate of drug-likeness (QED) is 0.754. The van der Waals surface area contributed by atoms with Crippen molar-refractivity contribution < 1.29 is 0 Å². The van der Waals surface area contributed by atoms with Crippen molar-refractivity contribution in [2.75, 3.05) is 7.05 Å². The largest absolute Gasteiger partial charge is 0.316 e. The lowest BCUT2D eigenvalue weighted by Gasteiger charge is -2.31. The highest BCUT2D eigenvalue weighted by Gasteiger charge is 2.38. The first-order chi connectivity index (χ1) is 8.00. The first-order valence-electron chi connectivity index (χ1n) is 7.68. The van der Waals surface area contributed by atoms with Gasteiger partial charge in [0.2, 0.25) is 0 Å². The SMILES string of the molecule is CNC(CCCC1CC2CCC1C2)C(C)(C)C. The summed E-state index contributed by atoms with van der Waals surface area (Å²) in [6.45, 7) is 7.06. The number of hydrogen-bond donors (Lipinski definition) is 1. The maximum atomic E-state index is 3.50. The molecule has 0 aromatic rings. The second kappa shape index (κ2) is 5.30. The minimum Gasteiger partial charge on any atom is -0.316 e. The summed E-state index contributed by atoms with van der Waals surface area (Å²) in [5, 5.41) is 3.50. The predicted octanol–water partition coefficient (Wildman–Crippen LogP) is 4.23. The van der Waals surface area contributed by atoms with Crippen molar-refractivity contribution in [3.63, 3.8) is 0 Å². The van der Waals surface area contributed by atoms with Crippen LogP contribution in [-0.2, 0) is 0 Å². The summed E-state index contributed by atoms with van der Waals surface area (Å²) in [4.78, 5) is 0. The van der Waals surface area contributed by atoms with Gasteiger partial charge in [0.25, 0.3) is 0 Å². The van der Waals surface area contributed by atoms with Gasteiger partial charge < -0.3 is 5.32 Å². The summed E-state index contributed by atoms with van der Waals surface area (Å²) >= 11 is 0. The Balaban J connectivity index is 1.69. The van der Waals surface area contributed by atoms with Gasteiger partial charge in [0, 0.05) is 6.04 Å². The van der Waals surface area contributed by atoms with E-state index in [2.05, 4.69) is 33.1 Å². The topological polar surface area (TPSA) is 12.0 Å². The number of nitrogens with one attached hydrogen (secondary N) is 1. The zero-order valence-corrected chi connectivity index (χ0v) is 12.3. The van der Waals surface area contributed by atoms with E-state index >= 15 is 0 Å². The lowest BCUT2D eigenvalue weighted by atomic mass is 9.81. The fraction of sp³-hybridized carbons (Fsp3) is 1.00. The standard InChI is InChI=1S/C16H31N/c1-16(2,3)15(17-4)7-5-6-13-10-12-8-9-14(13)11-12/h12-15,17H,5-11H2,1-4H3. The van der Waals surface area contributed by atoms with Gasteiger partial charge in [-0.2, -0.15) is 0 Å². The highest BCUT2D eigenvalue weighted by molar-refractivity contribution is 4.90. The normalized spacial score (nSPS) is 34.2. The van der Waals surface area contributed by atoms with E-state index in [0.717, 1.165) is 17.8 Å². The van der Waals surface area contributed by atoms with Gasteiger partial charge in [-0.3, -0.25) is 0 Å². The van der Waals surface area contributed by atoms with Gasteiger partial charge in [0.05, 0.1) is 0 Å². The van der Waals surface area contributed by atoms with Crippen molar-refractivity contribution in [2.45, 2.75) is 71.8 Å². The molecule has 0 spiro atoms. The van der Waals surface area contributed by atoms with Crippen LogP contribution in [0.1, 0.15) is 65.7 Å². The zero-order valence-electron chi connectivity index (χ0n) is 12.3. The third-order valence-electron chi connectivity index (χ3n) is 5.35. The molecule has 2 aliphatic rings. The predicted molar refractivity (Wildman–Crippen MR) is 75.1 cm³/mol. The molecule has 4 atom stereocenters. The van der Waals surface area contributed by atoms with E-state index in [4.69, 9.17) is 0 Å². The van der Waals surface area contributed by atoms with Crippen molar-refractivity contribution in [1.29, 1.82) is 0 Å². The first-order valence-corrected chi connectivity index (χ1v) is 7.68. The van der Waals surface area contributed by atoms with Crippen LogP contribution in [0.2, 0.25) is 0 Å². The molecular formula is C16H31N. The van der Waals surface area contributed by atoms with Crippen molar-refractivity contribution in [3.05, 3.63) is 0 Å². The molecule has 2 bridgehead atoms. The second-order valence-corrected chi connectivity index (χ2v) is 7.57. The van der Waals surface area contributed by atoms with Crippen LogP contribution in [0.25, 0.3) is 0 Å². The zero-order chi connectivity index (χ0) is 12.5. The Hall–Kier alpha value is -0.0400. The van der Waals surface area contributed by atoms with Crippen LogP contribution in [0.5, 0.6) is 0 Å². The van der Waals surface area contributed by atoms with Gasteiger partial charge in [-0.25, -0.2) is 0 Å². The van der Waals surface area contributed by atoms with E-state index in [9.17, 15) is 0 Å². The average Bonchev–Trinajstić information content (AvgIpc) is 2.84. The molecule has 100 valence electrons. The van der Waals surface area contributed by atoms with Gasteiger partial charge in [0.1, 0.15) is 0 Å². The molecule has 2 saturated carbocycles. The summed E-state index contributed by atoms with van der Waals surface area (Å²) in [5.74, 6) is 3.32. The van der Waals surface area contributed by atoms with Crippen molar-refractivity contribution in [3.8, 4) is 0 Å². The molecule has 0 saturated heterocycles. The Morgan fingerprint density at radius 1 is 1.18 bits per heavy atom. The molecule has 0 aromatic carbocycles. The fourth-order valence-corrected chi connectivity index (χ4v) is 4.32. The number of fused-ring (bicyclic) bond motifs is 2. The van der Waals surface area contributed by atoms with Gasteiger partial charge in [-0.05, 0) is 55.9 Å². The van der Waals surface area contributed by atoms with Crippen molar-refractivity contribution in [1.82, 2.24) is 5.32 Å². The number of rotatable bonds is 5. The molecule has 0 amide bonds. The summed E-state index contributed by atoms with van der Waals surface area (Å²) in [5.41, 5.74) is 0.406. The Morgan fingerprint density at radius 3 is 2.41 bits per heavy atom. The monoisotopic (exact) mass is 237 g/mol. The maximum Gasteiger partial charge on any atom is 0.0113 e. The molecule has 2 aliphatic carbocycles. The molecule has 2 rings (SSSR count). The Kier molecular flexibility index (Phi) is 4.18. The molecule has 0 radical (unpaired) electrons. The van der Waals surface area contributed by atoms with Crippen LogP contribution in [0.4, 0.5) is 0 Å². The summed E-state index contributed by atoms with van der Waals surface area (Å²) < 4.78 is 0. The highest BCUT2D eigenvalue weighted by Crippen LogP contribution is 2.50. The minimum absolute atomic E-state index is 0.406. The molecule has 1 heteroatoms. The van der Waals surface area contributed by atoms with E-state index in [1.54, 1.807) is 25.7 Å². The maximum absolute atomic E-state index is 3.50. The van der Waals surface area contributed by atoms with E-state index in [-0.39, 0.29) is 0 Å². The second-order valence-electron chi connectivity index (χ2n) is 7.57. The lowest BCUT2D eigenvalue weighted by Crippen LogP contribution is -2.37. The molecule has 4 unspecified atom stereocenters. The highest BCUT2D eigenvalue weighted by atomic mass is 14.9. The molecule has 2 fully saturated rings. The first kappa shape index (κ1) is 13.4. The third-order valence-corrected chi connectivity index (χ3v) is 5.35. The van der Waals surface area contributed by atoms with Crippen LogP contribution in [0, 0.1) is 23.2 Å². The van der Waals surface area contributed by atoms with E-state index in [1.165, 1.54) is 19.3 Å². The molecule has 1 nitrogen and oxygen atoms in total. The average molecular weight is 237 g/mol. The molecule has 17 heavy (non-hydrogen) atoms. The van der Waals surface area contributed by atoms with Crippen LogP contribution in [0.3, 0.4) is 0 Å². The van der Waals surface area contributed by atoms with Gasteiger partial charge in [-0.15, -0.1) is 0 Å². The van der Waals surface area contributed by atoms with Gasteiger partial charge in [0.15, 0.2) is 0 Å². The molecule has 0 aromatic heterocycles. The number of hydrogen-bond acceptors (Lipinski definition) is 1. The summed E-state index contributed by atoms with van der Waals surface area (Å²) in [7, 11) is 2.12. The summed E-state index contributed by atoms with van der Waals surface area (Å²) in [6.07, 6.45) is 10.5. The van der Waals surface area contributed by atoms with Crippen LogP contribution in [0.15, 0.2) is 0 Å². The summed E-state index contributed by atoms with van der Waals surface area (Å²) in [6, 6.07) is 0.682. The third kappa shape index (κ3) is 3.24. The molecule has 1 N–H and O–H groups in total. The molecule has 0 aliphatic heterocycles. The van der Waals surface area contributed by atoms with Gasteiger partial charge >= 0.3 is 0 Å². The van der Waals surface area contributed by atoms with E-state index in [1.807, 2.05) is 0 Å². The molecular weight excluding hydrogens is 206 g/mol. The van der Waals surface area contributed by atoms with E-state index in [0.29, 0.717) is 11.5 Å². The Morgan fingerprint density at radius 2 is 1.94 bits per heavy atom. The smallest absolute Gasteiger partial charge is 0.0113 e. The lowest BCUT2D eigenvalue weighted by molar-refractivity contribution is 0.244. The van der Waals surface area contributed by atoms with Crippen LogP contribution in [-0.4, -0.2) is 13.1 Å². The fourth-order valence-electron chi connectivity index (χ4n) is 4.32. The Labute approximate surface area is 108 Å². The van der Waals surface area contributed by atoms with Crippen molar-refractivity contribution in [2.24, 2.45) is 23.2 Å². The van der Waals surface area contributed by atoms with Gasteiger partial charge in [-0.1, -0.05) is 40.0 Å². The Bertz CT molecular complexity index is 240. The van der Waals surface area contributed by atoms with E-state index < -0.39 is 0 Å². The minimum atomic E-state index is 0.406. The van der Waals surface area contributed by atoms with Crippen LogP contribution >= 0.6 is 0 Å². The van der Waals surface area contributed by atoms with Crippen LogP contribution < -0.4 is 5.32 Å². The molecule has 0 heterocycles. The van der Waals surface area contributed by atoms with Crippen molar-refractivity contribution >= 4 is 0 Å².